The van der Waals surface area contributed by atoms with Gasteiger partial charge in [0.25, 0.3) is 0 Å². The molecule has 0 bridgehead atoms. The van der Waals surface area contributed by atoms with Crippen molar-refractivity contribution in [3.05, 3.63) is 0 Å². The fourth-order valence-corrected chi connectivity index (χ4v) is 2.98. The summed E-state index contributed by atoms with van der Waals surface area (Å²) in [5.74, 6) is 0.0729. The van der Waals surface area contributed by atoms with Crippen molar-refractivity contribution in [2.75, 3.05) is 13.2 Å². The lowest BCUT2D eigenvalue weighted by atomic mass is 9.81. The van der Waals surface area contributed by atoms with Crippen molar-refractivity contribution in [2.24, 2.45) is 5.73 Å². The molecule has 92 valence electrons. The van der Waals surface area contributed by atoms with Crippen LogP contribution in [0.15, 0.2) is 0 Å². The van der Waals surface area contributed by atoms with Gasteiger partial charge < -0.3 is 15.7 Å². The van der Waals surface area contributed by atoms with Crippen LogP contribution in [0.2, 0.25) is 0 Å². The number of carbonyl (C=O) groups excluding carboxylic acids is 1. The number of aliphatic hydroxyl groups is 1. The summed E-state index contributed by atoms with van der Waals surface area (Å²) >= 11 is 0. The van der Waals surface area contributed by atoms with Crippen LogP contribution >= 0.6 is 0 Å². The van der Waals surface area contributed by atoms with E-state index >= 15 is 0 Å². The molecule has 3 N–H and O–H groups in total. The molecule has 2 rings (SSSR count). The third kappa shape index (κ3) is 2.09. The van der Waals surface area contributed by atoms with Gasteiger partial charge in [0.15, 0.2) is 0 Å². The van der Waals surface area contributed by atoms with Crippen LogP contribution in [0.3, 0.4) is 0 Å². The highest BCUT2D eigenvalue weighted by Crippen LogP contribution is 2.30. The topological polar surface area (TPSA) is 66.6 Å². The minimum atomic E-state index is -0.643. The van der Waals surface area contributed by atoms with Crippen molar-refractivity contribution in [3.8, 4) is 0 Å². The predicted octanol–water partition coefficient (Wildman–Crippen LogP) is 0.631. The van der Waals surface area contributed by atoms with Gasteiger partial charge in [0.05, 0.1) is 18.2 Å². The van der Waals surface area contributed by atoms with E-state index in [1.165, 1.54) is 6.42 Å². The van der Waals surface area contributed by atoms with Gasteiger partial charge >= 0.3 is 0 Å². The van der Waals surface area contributed by atoms with Gasteiger partial charge in [-0.25, -0.2) is 0 Å². The standard InChI is InChI=1S/C12H22N2O2/c13-12(6-2-1-3-7-12)11(16)14-8-4-5-10(14)9-15/h10,15H,1-9,13H2/t10-/m1/s1. The summed E-state index contributed by atoms with van der Waals surface area (Å²) in [6.07, 6.45) is 6.82. The van der Waals surface area contributed by atoms with Gasteiger partial charge in [0.2, 0.25) is 5.91 Å². The molecule has 1 amide bonds. The zero-order valence-electron chi connectivity index (χ0n) is 9.82. The third-order valence-electron chi connectivity index (χ3n) is 4.02. The number of nitrogens with zero attached hydrogens (tertiary/aromatic N) is 1. The second-order valence-electron chi connectivity index (χ2n) is 5.19. The maximum Gasteiger partial charge on any atom is 0.242 e. The number of hydrogen-bond acceptors (Lipinski definition) is 3. The maximum atomic E-state index is 12.4. The van der Waals surface area contributed by atoms with Gasteiger partial charge in [0.1, 0.15) is 0 Å². The second kappa shape index (κ2) is 4.72. The van der Waals surface area contributed by atoms with E-state index in [4.69, 9.17) is 5.73 Å². The molecule has 0 aromatic heterocycles. The van der Waals surface area contributed by atoms with Crippen molar-refractivity contribution in [1.29, 1.82) is 0 Å². The van der Waals surface area contributed by atoms with Crippen LogP contribution in [-0.4, -0.2) is 40.6 Å². The zero-order valence-corrected chi connectivity index (χ0v) is 9.82. The van der Waals surface area contributed by atoms with Crippen LogP contribution in [0.1, 0.15) is 44.9 Å². The highest BCUT2D eigenvalue weighted by molar-refractivity contribution is 5.86. The molecule has 1 aliphatic carbocycles. The van der Waals surface area contributed by atoms with Crippen molar-refractivity contribution in [1.82, 2.24) is 4.90 Å². The Morgan fingerprint density at radius 1 is 1.31 bits per heavy atom. The first kappa shape index (κ1) is 11.9. The molecule has 0 radical (unpaired) electrons. The Kier molecular flexibility index (Phi) is 3.50. The second-order valence-corrected chi connectivity index (χ2v) is 5.19. The van der Waals surface area contributed by atoms with E-state index < -0.39 is 5.54 Å². The van der Waals surface area contributed by atoms with Crippen LogP contribution in [0.5, 0.6) is 0 Å². The molecule has 1 atom stereocenters. The highest BCUT2D eigenvalue weighted by Gasteiger charge is 2.41. The Hall–Kier alpha value is -0.610. The molecule has 16 heavy (non-hydrogen) atoms. The molecule has 2 fully saturated rings. The first-order chi connectivity index (χ1) is 7.67. The van der Waals surface area contributed by atoms with Gasteiger partial charge in [-0.1, -0.05) is 19.3 Å². The SMILES string of the molecule is NC1(C(=O)N2CCC[C@@H]2CO)CCCCC1. The molecule has 0 spiro atoms. The molecule has 1 saturated carbocycles. The van der Waals surface area contributed by atoms with Gasteiger partial charge in [-0.15, -0.1) is 0 Å². The van der Waals surface area contributed by atoms with E-state index in [2.05, 4.69) is 0 Å². The Morgan fingerprint density at radius 3 is 2.62 bits per heavy atom. The molecule has 4 nitrogen and oxygen atoms in total. The number of carbonyl (C=O) groups is 1. The first-order valence-electron chi connectivity index (χ1n) is 6.38. The third-order valence-corrected chi connectivity index (χ3v) is 4.02. The molecule has 1 aliphatic heterocycles. The Labute approximate surface area is 96.8 Å². The van der Waals surface area contributed by atoms with Crippen LogP contribution in [0.25, 0.3) is 0 Å². The van der Waals surface area contributed by atoms with E-state index in [1.54, 1.807) is 0 Å². The monoisotopic (exact) mass is 226 g/mol. The molecule has 4 heteroatoms. The molecular formula is C12H22N2O2. The Morgan fingerprint density at radius 2 is 2.00 bits per heavy atom. The normalized spacial score (nSPS) is 29.4. The van der Waals surface area contributed by atoms with E-state index in [0.29, 0.717) is 0 Å². The summed E-state index contributed by atoms with van der Waals surface area (Å²) in [5.41, 5.74) is 5.58. The molecule has 0 aromatic carbocycles. The fourth-order valence-electron chi connectivity index (χ4n) is 2.98. The average molecular weight is 226 g/mol. The summed E-state index contributed by atoms with van der Waals surface area (Å²) in [6, 6.07) is 0.00912. The molecular weight excluding hydrogens is 204 g/mol. The van der Waals surface area contributed by atoms with Crippen LogP contribution < -0.4 is 5.73 Å². The Bertz CT molecular complexity index is 262. The number of aliphatic hydroxyl groups excluding tert-OH is 1. The lowest BCUT2D eigenvalue weighted by Gasteiger charge is -2.37. The van der Waals surface area contributed by atoms with Gasteiger partial charge in [-0.2, -0.15) is 0 Å². The fraction of sp³-hybridized carbons (Fsp3) is 0.917. The van der Waals surface area contributed by atoms with Gasteiger partial charge in [-0.05, 0) is 25.7 Å². The van der Waals surface area contributed by atoms with Crippen molar-refractivity contribution >= 4 is 5.91 Å². The molecule has 0 unspecified atom stereocenters. The summed E-state index contributed by atoms with van der Waals surface area (Å²) in [7, 11) is 0. The maximum absolute atomic E-state index is 12.4. The number of hydrogen-bond donors (Lipinski definition) is 2. The van der Waals surface area contributed by atoms with E-state index in [0.717, 1.165) is 45.1 Å². The van der Waals surface area contributed by atoms with Crippen LogP contribution in [0.4, 0.5) is 0 Å². The number of likely N-dealkylation sites (tertiary alicyclic amines) is 1. The minimum absolute atomic E-state index is 0.00912. The summed E-state index contributed by atoms with van der Waals surface area (Å²) < 4.78 is 0. The molecule has 1 heterocycles. The highest BCUT2D eigenvalue weighted by atomic mass is 16.3. The van der Waals surface area contributed by atoms with Gasteiger partial charge in [-0.3, -0.25) is 4.79 Å². The zero-order chi connectivity index (χ0) is 11.6. The van der Waals surface area contributed by atoms with Crippen LogP contribution in [0, 0.1) is 0 Å². The smallest absolute Gasteiger partial charge is 0.242 e. The van der Waals surface area contributed by atoms with Crippen molar-refractivity contribution in [3.63, 3.8) is 0 Å². The number of rotatable bonds is 2. The van der Waals surface area contributed by atoms with Crippen molar-refractivity contribution < 1.29 is 9.90 Å². The molecule has 1 saturated heterocycles. The minimum Gasteiger partial charge on any atom is -0.394 e. The molecule has 0 aromatic rings. The van der Waals surface area contributed by atoms with Crippen LogP contribution in [-0.2, 0) is 4.79 Å². The summed E-state index contributed by atoms with van der Waals surface area (Å²) in [4.78, 5) is 14.2. The lowest BCUT2D eigenvalue weighted by molar-refractivity contribution is -0.139. The van der Waals surface area contributed by atoms with Crippen molar-refractivity contribution in [2.45, 2.75) is 56.5 Å². The van der Waals surface area contributed by atoms with E-state index in [9.17, 15) is 9.90 Å². The predicted molar refractivity (Wildman–Crippen MR) is 61.8 cm³/mol. The van der Waals surface area contributed by atoms with E-state index in [1.807, 2.05) is 4.90 Å². The van der Waals surface area contributed by atoms with E-state index in [-0.39, 0.29) is 18.6 Å². The summed E-state index contributed by atoms with van der Waals surface area (Å²) in [6.45, 7) is 0.838. The summed E-state index contributed by atoms with van der Waals surface area (Å²) in [5, 5.41) is 9.23. The Balaban J connectivity index is 2.05. The quantitative estimate of drug-likeness (QED) is 0.726. The largest absolute Gasteiger partial charge is 0.394 e. The first-order valence-corrected chi connectivity index (χ1v) is 6.38. The lowest BCUT2D eigenvalue weighted by Crippen LogP contribution is -2.57. The number of amides is 1. The number of nitrogens with two attached hydrogens (primary N) is 1. The molecule has 2 aliphatic rings. The average Bonchev–Trinajstić information content (AvgIpc) is 2.77. The van der Waals surface area contributed by atoms with Gasteiger partial charge in [0, 0.05) is 6.54 Å².